The maximum atomic E-state index is 6.53. The second-order valence-corrected chi connectivity index (χ2v) is 7.72. The van der Waals surface area contributed by atoms with E-state index in [4.69, 9.17) is 9.47 Å². The summed E-state index contributed by atoms with van der Waals surface area (Å²) in [6.45, 7) is 4.49. The first-order valence-electron chi connectivity index (χ1n) is 11.3. The molecule has 0 unspecified atom stereocenters. The number of hydrogen-bond acceptors (Lipinski definition) is 2. The minimum Gasteiger partial charge on any atom is -0.452 e. The molecule has 0 N–H and O–H groups in total. The highest BCUT2D eigenvalue weighted by Crippen LogP contribution is 2.32. The van der Waals surface area contributed by atoms with Gasteiger partial charge in [0.15, 0.2) is 0 Å². The van der Waals surface area contributed by atoms with Gasteiger partial charge in [-0.3, -0.25) is 0 Å². The van der Waals surface area contributed by atoms with Crippen LogP contribution in [0.15, 0.2) is 60.7 Å². The molecular formula is C26H38O2. The normalized spacial score (nSPS) is 11.4. The predicted octanol–water partition coefficient (Wildman–Crippen LogP) is 8.17. The largest absolute Gasteiger partial charge is 0.452 e. The zero-order chi connectivity index (χ0) is 19.9. The Bertz CT molecular complexity index is 567. The van der Waals surface area contributed by atoms with Gasteiger partial charge in [0.1, 0.15) is 11.5 Å². The van der Waals surface area contributed by atoms with E-state index in [1.165, 1.54) is 38.5 Å². The van der Waals surface area contributed by atoms with E-state index in [0.717, 1.165) is 43.6 Å². The van der Waals surface area contributed by atoms with E-state index >= 15 is 0 Å². The monoisotopic (exact) mass is 382 g/mol. The molecule has 28 heavy (non-hydrogen) atoms. The number of hydrogen-bond donors (Lipinski definition) is 0. The van der Waals surface area contributed by atoms with E-state index in [-0.39, 0.29) is 0 Å². The zero-order valence-corrected chi connectivity index (χ0v) is 17.9. The summed E-state index contributed by atoms with van der Waals surface area (Å²) in [6, 6.07) is 20.3. The first-order valence-corrected chi connectivity index (χ1v) is 11.3. The summed E-state index contributed by atoms with van der Waals surface area (Å²) in [7, 11) is 0. The molecule has 0 aromatic heterocycles. The van der Waals surface area contributed by atoms with Crippen LogP contribution in [-0.2, 0) is 0 Å². The first-order chi connectivity index (χ1) is 13.8. The third-order valence-electron chi connectivity index (χ3n) is 5.17. The van der Waals surface area contributed by atoms with Crippen LogP contribution in [0.2, 0.25) is 0 Å². The molecule has 2 nitrogen and oxygen atoms in total. The molecule has 0 amide bonds. The van der Waals surface area contributed by atoms with Gasteiger partial charge in [-0.2, -0.15) is 0 Å². The second-order valence-electron chi connectivity index (χ2n) is 7.72. The highest BCUT2D eigenvalue weighted by molar-refractivity contribution is 5.24. The van der Waals surface area contributed by atoms with Crippen LogP contribution >= 0.6 is 0 Å². The smallest absolute Gasteiger partial charge is 0.251 e. The quantitative estimate of drug-likeness (QED) is 0.228. The molecule has 2 rings (SSSR count). The average molecular weight is 383 g/mol. The van der Waals surface area contributed by atoms with Crippen molar-refractivity contribution in [3.05, 3.63) is 60.7 Å². The Hall–Kier alpha value is -1.96. The maximum absolute atomic E-state index is 6.53. The van der Waals surface area contributed by atoms with E-state index in [0.29, 0.717) is 0 Å². The number of para-hydroxylation sites is 2. The zero-order valence-electron chi connectivity index (χ0n) is 17.9. The van der Waals surface area contributed by atoms with Crippen LogP contribution in [0.25, 0.3) is 0 Å². The summed E-state index contributed by atoms with van der Waals surface area (Å²) in [6.07, 6.45) is 13.1. The molecule has 0 aliphatic rings. The predicted molar refractivity (Wildman–Crippen MR) is 119 cm³/mol. The molecule has 2 aromatic carbocycles. The lowest BCUT2D eigenvalue weighted by Crippen LogP contribution is -2.42. The SMILES string of the molecule is CCCCCCCCCC(CCCC)(Oc1ccccc1)Oc1ccccc1. The summed E-state index contributed by atoms with van der Waals surface area (Å²) in [5.41, 5.74) is 0. The fourth-order valence-electron chi connectivity index (χ4n) is 3.55. The second kappa shape index (κ2) is 13.3. The van der Waals surface area contributed by atoms with Gasteiger partial charge in [-0.1, -0.05) is 95.2 Å². The fourth-order valence-corrected chi connectivity index (χ4v) is 3.55. The van der Waals surface area contributed by atoms with Gasteiger partial charge in [0, 0.05) is 12.8 Å². The van der Waals surface area contributed by atoms with E-state index in [1.807, 2.05) is 60.7 Å². The Balaban J connectivity index is 2.05. The van der Waals surface area contributed by atoms with E-state index < -0.39 is 5.79 Å². The Morgan fingerprint density at radius 2 is 0.964 bits per heavy atom. The van der Waals surface area contributed by atoms with Gasteiger partial charge in [-0.15, -0.1) is 0 Å². The first kappa shape index (κ1) is 22.3. The topological polar surface area (TPSA) is 18.5 Å². The number of ether oxygens (including phenoxy) is 2. The molecule has 0 aliphatic heterocycles. The van der Waals surface area contributed by atoms with Gasteiger partial charge >= 0.3 is 0 Å². The fraction of sp³-hybridized carbons (Fsp3) is 0.538. The Labute approximate surface area is 172 Å². The molecule has 154 valence electrons. The van der Waals surface area contributed by atoms with Crippen LogP contribution in [0.5, 0.6) is 11.5 Å². The van der Waals surface area contributed by atoms with Gasteiger partial charge in [0.05, 0.1) is 0 Å². The highest BCUT2D eigenvalue weighted by atomic mass is 16.7. The minimum atomic E-state index is -0.595. The molecule has 2 heteroatoms. The van der Waals surface area contributed by atoms with Crippen molar-refractivity contribution in [1.82, 2.24) is 0 Å². The molecular weight excluding hydrogens is 344 g/mol. The summed E-state index contributed by atoms with van der Waals surface area (Å²) in [5, 5.41) is 0. The van der Waals surface area contributed by atoms with E-state index in [2.05, 4.69) is 13.8 Å². The van der Waals surface area contributed by atoms with Crippen molar-refractivity contribution in [3.63, 3.8) is 0 Å². The van der Waals surface area contributed by atoms with E-state index in [9.17, 15) is 0 Å². The molecule has 2 aromatic rings. The van der Waals surface area contributed by atoms with Crippen molar-refractivity contribution in [2.24, 2.45) is 0 Å². The molecule has 0 saturated heterocycles. The van der Waals surface area contributed by atoms with Crippen molar-refractivity contribution >= 4 is 0 Å². The molecule has 0 spiro atoms. The van der Waals surface area contributed by atoms with Crippen molar-refractivity contribution in [1.29, 1.82) is 0 Å². The highest BCUT2D eigenvalue weighted by Gasteiger charge is 2.34. The molecule has 0 fully saturated rings. The number of unbranched alkanes of at least 4 members (excludes halogenated alkanes) is 7. The summed E-state index contributed by atoms with van der Waals surface area (Å²) in [5.74, 6) is 1.18. The van der Waals surface area contributed by atoms with Gasteiger partial charge in [-0.05, 0) is 37.1 Å². The summed E-state index contributed by atoms with van der Waals surface area (Å²) >= 11 is 0. The lowest BCUT2D eigenvalue weighted by molar-refractivity contribution is -0.127. The van der Waals surface area contributed by atoms with E-state index in [1.54, 1.807) is 0 Å². The molecule has 0 radical (unpaired) electrons. The molecule has 0 saturated carbocycles. The van der Waals surface area contributed by atoms with Crippen molar-refractivity contribution in [2.75, 3.05) is 0 Å². The van der Waals surface area contributed by atoms with Gasteiger partial charge in [-0.25, -0.2) is 0 Å². The van der Waals surface area contributed by atoms with Crippen molar-refractivity contribution < 1.29 is 9.47 Å². The number of rotatable bonds is 15. The Morgan fingerprint density at radius 3 is 1.46 bits per heavy atom. The van der Waals surface area contributed by atoms with Gasteiger partial charge in [0.25, 0.3) is 5.79 Å². The van der Waals surface area contributed by atoms with Crippen LogP contribution in [0.4, 0.5) is 0 Å². The van der Waals surface area contributed by atoms with Crippen LogP contribution in [0.3, 0.4) is 0 Å². The summed E-state index contributed by atoms with van der Waals surface area (Å²) in [4.78, 5) is 0. The minimum absolute atomic E-state index is 0.595. The molecule has 0 aliphatic carbocycles. The van der Waals surface area contributed by atoms with Crippen molar-refractivity contribution in [2.45, 2.75) is 90.3 Å². The van der Waals surface area contributed by atoms with Crippen LogP contribution < -0.4 is 9.47 Å². The van der Waals surface area contributed by atoms with Crippen LogP contribution in [0.1, 0.15) is 84.5 Å². The third kappa shape index (κ3) is 8.37. The number of benzene rings is 2. The third-order valence-corrected chi connectivity index (χ3v) is 5.17. The van der Waals surface area contributed by atoms with Crippen LogP contribution in [0, 0.1) is 0 Å². The van der Waals surface area contributed by atoms with Gasteiger partial charge in [0.2, 0.25) is 0 Å². The molecule has 0 atom stereocenters. The molecule has 0 bridgehead atoms. The van der Waals surface area contributed by atoms with Crippen molar-refractivity contribution in [3.8, 4) is 11.5 Å². The Kier molecular flexibility index (Phi) is 10.6. The van der Waals surface area contributed by atoms with Gasteiger partial charge < -0.3 is 9.47 Å². The lowest BCUT2D eigenvalue weighted by Gasteiger charge is -2.35. The molecule has 0 heterocycles. The van der Waals surface area contributed by atoms with Crippen LogP contribution in [-0.4, -0.2) is 5.79 Å². The lowest BCUT2D eigenvalue weighted by atomic mass is 9.99. The standard InChI is InChI=1S/C26H38O2/c1-3-5-7-8-9-10-17-23-26(22-6-4-2,27-24-18-13-11-14-19-24)28-25-20-15-12-16-21-25/h11-16,18-21H,3-10,17,22-23H2,1-2H3. The maximum Gasteiger partial charge on any atom is 0.251 e. The Morgan fingerprint density at radius 1 is 0.536 bits per heavy atom. The average Bonchev–Trinajstić information content (AvgIpc) is 2.73. The summed E-state index contributed by atoms with van der Waals surface area (Å²) < 4.78 is 13.1.